The van der Waals surface area contributed by atoms with Gasteiger partial charge in [0, 0.05) is 12.1 Å². The van der Waals surface area contributed by atoms with Crippen molar-refractivity contribution in [3.05, 3.63) is 121 Å². The number of nitrogens with zero attached hydrogens (tertiary/aromatic N) is 2. The van der Waals surface area contributed by atoms with Gasteiger partial charge in [0.05, 0.1) is 11.4 Å². The molecule has 7 heteroatoms. The topological polar surface area (TPSA) is 92.2 Å². The average molecular weight is 465 g/mol. The van der Waals surface area contributed by atoms with Crippen LogP contribution in [0.4, 0.5) is 21.9 Å². The molecule has 174 valence electrons. The number of azo groups is 1. The maximum absolute atomic E-state index is 13.1. The molecule has 2 N–H and O–H groups in total. The Bertz CT molecular complexity index is 1260. The number of carbonyl (C=O) groups excluding carboxylic acids is 2. The van der Waals surface area contributed by atoms with Gasteiger partial charge >= 0.3 is 6.09 Å². The van der Waals surface area contributed by atoms with Gasteiger partial charge in [-0.1, -0.05) is 66.7 Å². The van der Waals surface area contributed by atoms with Crippen LogP contribution in [0.3, 0.4) is 0 Å². The van der Waals surface area contributed by atoms with Crippen LogP contribution in [-0.4, -0.2) is 18.0 Å². The van der Waals surface area contributed by atoms with Gasteiger partial charge in [-0.25, -0.2) is 4.79 Å². The normalized spacial score (nSPS) is 11.5. The number of para-hydroxylation sites is 1. The number of amides is 2. The van der Waals surface area contributed by atoms with Crippen molar-refractivity contribution >= 4 is 29.1 Å². The zero-order chi connectivity index (χ0) is 24.3. The summed E-state index contributed by atoms with van der Waals surface area (Å²) in [6, 6.07) is 33.7. The summed E-state index contributed by atoms with van der Waals surface area (Å²) < 4.78 is 5.31. The number of hydrogen-bond acceptors (Lipinski definition) is 5. The Hall–Kier alpha value is -4.78. The zero-order valence-corrected chi connectivity index (χ0v) is 18.9. The van der Waals surface area contributed by atoms with Crippen molar-refractivity contribution in [2.75, 3.05) is 5.32 Å². The Morgan fingerprint density at radius 2 is 1.23 bits per heavy atom. The second-order valence-electron chi connectivity index (χ2n) is 7.66. The molecule has 2 amide bonds. The fourth-order valence-electron chi connectivity index (χ4n) is 3.28. The van der Waals surface area contributed by atoms with Gasteiger partial charge in [-0.05, 0) is 54.1 Å². The van der Waals surface area contributed by atoms with Crippen LogP contribution in [0.2, 0.25) is 0 Å². The summed E-state index contributed by atoms with van der Waals surface area (Å²) in [7, 11) is 0. The Labute approximate surface area is 203 Å². The Morgan fingerprint density at radius 1 is 0.686 bits per heavy atom. The van der Waals surface area contributed by atoms with Gasteiger partial charge in [0.25, 0.3) is 0 Å². The third-order valence-corrected chi connectivity index (χ3v) is 5.02. The van der Waals surface area contributed by atoms with Gasteiger partial charge in [0.1, 0.15) is 11.8 Å². The van der Waals surface area contributed by atoms with Crippen LogP contribution in [0.5, 0.6) is 5.75 Å². The van der Waals surface area contributed by atoms with Crippen LogP contribution in [0.15, 0.2) is 125 Å². The lowest BCUT2D eigenvalue weighted by Crippen LogP contribution is -2.46. The van der Waals surface area contributed by atoms with Gasteiger partial charge in [0.15, 0.2) is 0 Å². The highest BCUT2D eigenvalue weighted by atomic mass is 16.6. The van der Waals surface area contributed by atoms with Gasteiger partial charge in [0.2, 0.25) is 5.91 Å². The Balaban J connectivity index is 1.42. The van der Waals surface area contributed by atoms with Crippen molar-refractivity contribution in [3.63, 3.8) is 0 Å². The lowest BCUT2D eigenvalue weighted by molar-refractivity contribution is -0.118. The number of ether oxygens (including phenoxy) is 1. The molecule has 0 aliphatic carbocycles. The molecule has 4 aromatic rings. The molecule has 0 saturated heterocycles. The van der Waals surface area contributed by atoms with Crippen LogP contribution in [0.1, 0.15) is 5.56 Å². The maximum Gasteiger partial charge on any atom is 0.413 e. The highest BCUT2D eigenvalue weighted by Gasteiger charge is 2.22. The summed E-state index contributed by atoms with van der Waals surface area (Å²) >= 11 is 0. The molecule has 0 heterocycles. The van der Waals surface area contributed by atoms with Gasteiger partial charge < -0.3 is 15.4 Å². The van der Waals surface area contributed by atoms with Crippen molar-refractivity contribution in [1.29, 1.82) is 0 Å². The lowest BCUT2D eigenvalue weighted by atomic mass is 10.1. The maximum atomic E-state index is 13.1. The van der Waals surface area contributed by atoms with E-state index < -0.39 is 12.1 Å². The predicted molar refractivity (Wildman–Crippen MR) is 135 cm³/mol. The van der Waals surface area contributed by atoms with Crippen LogP contribution in [-0.2, 0) is 11.2 Å². The van der Waals surface area contributed by atoms with E-state index in [1.54, 1.807) is 48.5 Å². The molecule has 0 fully saturated rings. The average Bonchev–Trinajstić information content (AvgIpc) is 2.89. The Morgan fingerprint density at radius 3 is 1.86 bits per heavy atom. The molecule has 35 heavy (non-hydrogen) atoms. The highest BCUT2D eigenvalue weighted by Crippen LogP contribution is 2.20. The minimum Gasteiger partial charge on any atom is -0.410 e. The van der Waals surface area contributed by atoms with Gasteiger partial charge in [-0.3, -0.25) is 4.79 Å². The molecule has 0 aromatic heterocycles. The first kappa shape index (κ1) is 23.4. The van der Waals surface area contributed by atoms with Crippen LogP contribution >= 0.6 is 0 Å². The summed E-state index contributed by atoms with van der Waals surface area (Å²) in [6.07, 6.45) is -0.399. The summed E-state index contributed by atoms with van der Waals surface area (Å²) in [5.41, 5.74) is 2.88. The van der Waals surface area contributed by atoms with E-state index in [1.165, 1.54) is 0 Å². The van der Waals surface area contributed by atoms with Crippen molar-refractivity contribution < 1.29 is 14.3 Å². The summed E-state index contributed by atoms with van der Waals surface area (Å²) in [5, 5.41) is 13.9. The smallest absolute Gasteiger partial charge is 0.410 e. The van der Waals surface area contributed by atoms with Crippen molar-refractivity contribution in [3.8, 4) is 5.75 Å². The molecular weight excluding hydrogens is 440 g/mol. The minimum atomic E-state index is -0.842. The number of carbonyl (C=O) groups is 2. The first-order valence-corrected chi connectivity index (χ1v) is 11.1. The molecule has 4 rings (SSSR count). The molecular formula is C28H24N4O3. The lowest BCUT2D eigenvalue weighted by Gasteiger charge is -2.18. The third kappa shape index (κ3) is 7.36. The van der Waals surface area contributed by atoms with Crippen LogP contribution in [0.25, 0.3) is 0 Å². The number of nitrogens with one attached hydrogen (secondary N) is 2. The van der Waals surface area contributed by atoms with Crippen molar-refractivity contribution in [2.24, 2.45) is 10.2 Å². The minimum absolute atomic E-state index is 0.305. The molecule has 0 unspecified atom stereocenters. The number of anilines is 1. The molecule has 4 aromatic carbocycles. The second-order valence-corrected chi connectivity index (χ2v) is 7.66. The van der Waals surface area contributed by atoms with E-state index >= 15 is 0 Å². The summed E-state index contributed by atoms with van der Waals surface area (Å²) in [6.45, 7) is 0. The van der Waals surface area contributed by atoms with E-state index in [-0.39, 0.29) is 5.91 Å². The van der Waals surface area contributed by atoms with E-state index in [2.05, 4.69) is 20.9 Å². The monoisotopic (exact) mass is 464 g/mol. The zero-order valence-electron chi connectivity index (χ0n) is 18.9. The van der Waals surface area contributed by atoms with E-state index in [1.807, 2.05) is 66.7 Å². The first-order valence-electron chi connectivity index (χ1n) is 11.1. The fourth-order valence-corrected chi connectivity index (χ4v) is 3.28. The molecule has 0 radical (unpaired) electrons. The van der Waals surface area contributed by atoms with Gasteiger partial charge in [-0.2, -0.15) is 10.2 Å². The molecule has 0 bridgehead atoms. The van der Waals surface area contributed by atoms with Crippen molar-refractivity contribution in [2.45, 2.75) is 12.5 Å². The predicted octanol–water partition coefficient (Wildman–Crippen LogP) is 6.44. The number of rotatable bonds is 8. The second kappa shape index (κ2) is 11.9. The molecule has 0 aliphatic heterocycles. The van der Waals surface area contributed by atoms with Crippen LogP contribution in [0, 0.1) is 0 Å². The third-order valence-electron chi connectivity index (χ3n) is 5.02. The molecule has 7 nitrogen and oxygen atoms in total. The standard InChI is InChI=1S/C28H24N4O3/c33-27(29-22-16-18-24(19-17-22)32-31-23-12-6-2-7-13-23)26(20-21-10-4-1-5-11-21)30-28(34)35-25-14-8-3-9-15-25/h1-19,26H,20H2,(H,29,33)(H,30,34)/t26-/m0/s1. The fraction of sp³-hybridized carbons (Fsp3) is 0.0714. The molecule has 0 aliphatic rings. The van der Waals surface area contributed by atoms with E-state index in [4.69, 9.17) is 4.74 Å². The number of benzene rings is 4. The summed E-state index contributed by atoms with van der Waals surface area (Å²) in [4.78, 5) is 25.5. The van der Waals surface area contributed by atoms with E-state index in [0.717, 1.165) is 11.3 Å². The molecule has 1 atom stereocenters. The molecule has 0 spiro atoms. The highest BCUT2D eigenvalue weighted by molar-refractivity contribution is 5.97. The molecule has 0 saturated carbocycles. The van der Waals surface area contributed by atoms with E-state index in [9.17, 15) is 9.59 Å². The summed E-state index contributed by atoms with van der Waals surface area (Å²) in [5.74, 6) is 0.0293. The SMILES string of the molecule is O=C(N[C@@H](Cc1ccccc1)C(=O)Nc1ccc(N=Nc2ccccc2)cc1)Oc1ccccc1. The largest absolute Gasteiger partial charge is 0.413 e. The number of hydrogen-bond donors (Lipinski definition) is 2. The Kier molecular flexibility index (Phi) is 7.95. The quantitative estimate of drug-likeness (QED) is 0.294. The first-order chi connectivity index (χ1) is 17.2. The van der Waals surface area contributed by atoms with Gasteiger partial charge in [-0.15, -0.1) is 0 Å². The van der Waals surface area contributed by atoms with E-state index in [0.29, 0.717) is 23.5 Å². The van der Waals surface area contributed by atoms with Crippen LogP contribution < -0.4 is 15.4 Å². The van der Waals surface area contributed by atoms with Crippen molar-refractivity contribution in [1.82, 2.24) is 5.32 Å².